The van der Waals surface area contributed by atoms with Crippen molar-refractivity contribution in [2.45, 2.75) is 32.8 Å². The molecule has 0 N–H and O–H groups in total. The van der Waals surface area contributed by atoms with Crippen molar-refractivity contribution in [3.8, 4) is 0 Å². The van der Waals surface area contributed by atoms with Gasteiger partial charge in [0.05, 0.1) is 11.9 Å². The number of halogens is 1. The summed E-state index contributed by atoms with van der Waals surface area (Å²) in [6, 6.07) is 5.99. The second-order valence-electron chi connectivity index (χ2n) is 5.16. The molecule has 0 atom stereocenters. The van der Waals surface area contributed by atoms with Gasteiger partial charge < -0.3 is 4.74 Å². The molecule has 1 rings (SSSR count). The number of carbonyl (C=O) groups is 1. The Morgan fingerprint density at radius 2 is 1.94 bits per heavy atom. The first-order valence-electron chi connectivity index (χ1n) is 5.61. The van der Waals surface area contributed by atoms with E-state index in [4.69, 9.17) is 4.74 Å². The van der Waals surface area contributed by atoms with Crippen LogP contribution in [0.1, 0.15) is 42.3 Å². The Morgan fingerprint density at radius 1 is 1.29 bits per heavy atom. The van der Waals surface area contributed by atoms with E-state index in [1.807, 2.05) is 12.1 Å². The van der Waals surface area contributed by atoms with E-state index in [9.17, 15) is 4.79 Å². The SMILES string of the molecule is COCc1cc(C(=O)CBr)cc(C(C)(C)C)c1. The Bertz CT molecular complexity index is 405. The summed E-state index contributed by atoms with van der Waals surface area (Å²) < 4.78 is 5.14. The fourth-order valence-electron chi connectivity index (χ4n) is 1.61. The molecule has 0 amide bonds. The van der Waals surface area contributed by atoms with E-state index < -0.39 is 0 Å². The van der Waals surface area contributed by atoms with Crippen molar-refractivity contribution in [3.05, 3.63) is 34.9 Å². The van der Waals surface area contributed by atoms with Gasteiger partial charge in [0.25, 0.3) is 0 Å². The quantitative estimate of drug-likeness (QED) is 0.626. The monoisotopic (exact) mass is 298 g/mol. The summed E-state index contributed by atoms with van der Waals surface area (Å²) >= 11 is 3.21. The van der Waals surface area contributed by atoms with Gasteiger partial charge >= 0.3 is 0 Å². The fourth-order valence-corrected chi connectivity index (χ4v) is 1.94. The van der Waals surface area contributed by atoms with Gasteiger partial charge in [-0.25, -0.2) is 0 Å². The van der Waals surface area contributed by atoms with Crippen molar-refractivity contribution in [1.82, 2.24) is 0 Å². The third kappa shape index (κ3) is 3.93. The van der Waals surface area contributed by atoms with Crippen LogP contribution >= 0.6 is 15.9 Å². The Kier molecular flexibility index (Phi) is 4.90. The van der Waals surface area contributed by atoms with E-state index in [0.29, 0.717) is 11.9 Å². The molecule has 0 fully saturated rings. The van der Waals surface area contributed by atoms with Crippen LogP contribution in [-0.4, -0.2) is 18.2 Å². The average molecular weight is 299 g/mol. The number of methoxy groups -OCH3 is 1. The molecular formula is C14H19BrO2. The van der Waals surface area contributed by atoms with Crippen LogP contribution in [0.2, 0.25) is 0 Å². The number of hydrogen-bond acceptors (Lipinski definition) is 2. The molecule has 0 aliphatic carbocycles. The van der Waals surface area contributed by atoms with E-state index >= 15 is 0 Å². The number of Topliss-reactive ketones (excluding diaryl/α,β-unsaturated/α-hetero) is 1. The number of ketones is 1. The lowest BCUT2D eigenvalue weighted by molar-refractivity contribution is 0.102. The zero-order valence-corrected chi connectivity index (χ0v) is 12.4. The number of carbonyl (C=O) groups excluding carboxylic acids is 1. The van der Waals surface area contributed by atoms with Gasteiger partial charge in [-0.3, -0.25) is 4.79 Å². The molecule has 1 aromatic rings. The highest BCUT2D eigenvalue weighted by molar-refractivity contribution is 9.09. The molecule has 0 spiro atoms. The van der Waals surface area contributed by atoms with E-state index in [1.165, 1.54) is 0 Å². The van der Waals surface area contributed by atoms with E-state index in [1.54, 1.807) is 7.11 Å². The third-order valence-electron chi connectivity index (χ3n) is 2.61. The van der Waals surface area contributed by atoms with Gasteiger partial charge in [-0.15, -0.1) is 0 Å². The van der Waals surface area contributed by atoms with Gasteiger partial charge in [0, 0.05) is 12.7 Å². The van der Waals surface area contributed by atoms with Crippen LogP contribution in [0.4, 0.5) is 0 Å². The Morgan fingerprint density at radius 3 is 2.41 bits per heavy atom. The van der Waals surface area contributed by atoms with Crippen LogP contribution in [0.15, 0.2) is 18.2 Å². The number of ether oxygens (including phenoxy) is 1. The number of benzene rings is 1. The maximum atomic E-state index is 11.8. The van der Waals surface area contributed by atoms with Gasteiger partial charge in [0.1, 0.15) is 0 Å². The molecule has 0 radical (unpaired) electrons. The van der Waals surface area contributed by atoms with Crippen LogP contribution in [0.5, 0.6) is 0 Å². The molecule has 0 saturated heterocycles. The fraction of sp³-hybridized carbons (Fsp3) is 0.500. The zero-order chi connectivity index (χ0) is 13.1. The minimum Gasteiger partial charge on any atom is -0.380 e. The number of hydrogen-bond donors (Lipinski definition) is 0. The standard InChI is InChI=1S/C14H19BrO2/c1-14(2,3)12-6-10(9-17-4)5-11(7-12)13(16)8-15/h5-7H,8-9H2,1-4H3. The van der Waals surface area contributed by atoms with Crippen LogP contribution in [-0.2, 0) is 16.8 Å². The van der Waals surface area contributed by atoms with E-state index in [-0.39, 0.29) is 11.2 Å². The largest absolute Gasteiger partial charge is 0.380 e. The van der Waals surface area contributed by atoms with Crippen molar-refractivity contribution >= 4 is 21.7 Å². The number of alkyl halides is 1. The summed E-state index contributed by atoms with van der Waals surface area (Å²) in [5.41, 5.74) is 2.99. The van der Waals surface area contributed by atoms with Crippen LogP contribution in [0.3, 0.4) is 0 Å². The minimum absolute atomic E-state index is 0.0328. The Balaban J connectivity index is 3.23. The van der Waals surface area contributed by atoms with Crippen molar-refractivity contribution in [3.63, 3.8) is 0 Å². The lowest BCUT2D eigenvalue weighted by Crippen LogP contribution is -2.14. The molecule has 0 heterocycles. The molecule has 3 heteroatoms. The first kappa shape index (κ1) is 14.4. The molecule has 0 saturated carbocycles. The third-order valence-corrected chi connectivity index (χ3v) is 3.12. The van der Waals surface area contributed by atoms with Gasteiger partial charge in [0.2, 0.25) is 0 Å². The molecule has 94 valence electrons. The van der Waals surface area contributed by atoms with Crippen LogP contribution < -0.4 is 0 Å². The van der Waals surface area contributed by atoms with Gasteiger partial charge in [-0.2, -0.15) is 0 Å². The van der Waals surface area contributed by atoms with Gasteiger partial charge in [-0.05, 0) is 28.7 Å². The molecule has 17 heavy (non-hydrogen) atoms. The second-order valence-corrected chi connectivity index (χ2v) is 5.72. The van der Waals surface area contributed by atoms with Crippen molar-refractivity contribution < 1.29 is 9.53 Å². The highest BCUT2D eigenvalue weighted by Gasteiger charge is 2.17. The van der Waals surface area contributed by atoms with Gasteiger partial charge in [0.15, 0.2) is 5.78 Å². The Labute approximate surface area is 111 Å². The summed E-state index contributed by atoms with van der Waals surface area (Å²) in [5, 5.41) is 0.354. The van der Waals surface area contributed by atoms with Gasteiger partial charge in [-0.1, -0.05) is 42.8 Å². The van der Waals surface area contributed by atoms with E-state index in [0.717, 1.165) is 16.7 Å². The average Bonchev–Trinajstić information content (AvgIpc) is 2.27. The van der Waals surface area contributed by atoms with Crippen molar-refractivity contribution in [1.29, 1.82) is 0 Å². The molecule has 0 unspecified atom stereocenters. The lowest BCUT2D eigenvalue weighted by Gasteiger charge is -2.21. The number of rotatable bonds is 4. The maximum Gasteiger partial charge on any atom is 0.173 e. The first-order chi connectivity index (χ1) is 7.88. The summed E-state index contributed by atoms with van der Waals surface area (Å²) in [6.45, 7) is 6.95. The maximum absolute atomic E-state index is 11.8. The summed E-state index contributed by atoms with van der Waals surface area (Å²) in [6.07, 6.45) is 0. The molecule has 1 aromatic carbocycles. The van der Waals surface area contributed by atoms with Crippen molar-refractivity contribution in [2.75, 3.05) is 12.4 Å². The predicted octanol–water partition coefficient (Wildman–Crippen LogP) is 3.71. The molecule has 0 aromatic heterocycles. The van der Waals surface area contributed by atoms with Crippen LogP contribution in [0, 0.1) is 0 Å². The van der Waals surface area contributed by atoms with Crippen molar-refractivity contribution in [2.24, 2.45) is 0 Å². The summed E-state index contributed by atoms with van der Waals surface area (Å²) in [4.78, 5) is 11.8. The molecule has 0 aliphatic rings. The smallest absolute Gasteiger partial charge is 0.173 e. The van der Waals surface area contributed by atoms with Crippen LogP contribution in [0.25, 0.3) is 0 Å². The first-order valence-corrected chi connectivity index (χ1v) is 6.73. The highest BCUT2D eigenvalue weighted by atomic mass is 79.9. The summed E-state index contributed by atoms with van der Waals surface area (Å²) in [5.74, 6) is 0.105. The predicted molar refractivity (Wildman–Crippen MR) is 74.0 cm³/mol. The molecule has 0 bridgehead atoms. The lowest BCUT2D eigenvalue weighted by atomic mass is 9.84. The molecular weight excluding hydrogens is 280 g/mol. The normalized spacial score (nSPS) is 11.6. The zero-order valence-electron chi connectivity index (χ0n) is 10.8. The minimum atomic E-state index is 0.0328. The topological polar surface area (TPSA) is 26.3 Å². The Hall–Kier alpha value is -0.670. The second kappa shape index (κ2) is 5.78. The summed E-state index contributed by atoms with van der Waals surface area (Å²) in [7, 11) is 1.66. The highest BCUT2D eigenvalue weighted by Crippen LogP contribution is 2.25. The van der Waals surface area contributed by atoms with E-state index in [2.05, 4.69) is 42.8 Å². The molecule has 0 aliphatic heterocycles. The molecule has 2 nitrogen and oxygen atoms in total.